The molecule has 112 valence electrons. The molecule has 0 unspecified atom stereocenters. The molecule has 2 aromatic heterocycles. The van der Waals surface area contributed by atoms with Crippen LogP contribution >= 0.6 is 12.2 Å². The molecule has 0 spiro atoms. The highest BCUT2D eigenvalue weighted by Gasteiger charge is 2.23. The van der Waals surface area contributed by atoms with Gasteiger partial charge in [-0.25, -0.2) is 0 Å². The second-order valence-electron chi connectivity index (χ2n) is 6.13. The molecule has 0 saturated heterocycles. The number of aryl methyl sites for hydroxylation is 3. The van der Waals surface area contributed by atoms with Crippen molar-refractivity contribution in [2.75, 3.05) is 0 Å². The Kier molecular flexibility index (Phi) is 2.94. The number of fused-ring (bicyclic) bond motifs is 2. The van der Waals surface area contributed by atoms with E-state index in [9.17, 15) is 0 Å². The van der Waals surface area contributed by atoms with Crippen LogP contribution in [0.15, 0.2) is 12.1 Å². The van der Waals surface area contributed by atoms with E-state index in [4.69, 9.17) is 17.2 Å². The highest BCUT2D eigenvalue weighted by molar-refractivity contribution is 7.71. The lowest BCUT2D eigenvalue weighted by molar-refractivity contribution is 0.893. The molecule has 3 aromatic rings. The van der Waals surface area contributed by atoms with Crippen molar-refractivity contribution in [2.45, 2.75) is 33.1 Å². The van der Waals surface area contributed by atoms with Crippen molar-refractivity contribution in [1.82, 2.24) is 19.7 Å². The maximum atomic E-state index is 5.30. The lowest BCUT2D eigenvalue weighted by Crippen LogP contribution is -2.01. The van der Waals surface area contributed by atoms with Gasteiger partial charge >= 0.3 is 0 Å². The van der Waals surface area contributed by atoms with Crippen molar-refractivity contribution < 1.29 is 0 Å². The molecule has 4 rings (SSSR count). The topological polar surface area (TPSA) is 46.5 Å². The Bertz CT molecular complexity index is 965. The van der Waals surface area contributed by atoms with Crippen molar-refractivity contribution in [3.05, 3.63) is 39.3 Å². The van der Waals surface area contributed by atoms with Gasteiger partial charge in [0.2, 0.25) is 0 Å². The van der Waals surface area contributed by atoms with Crippen LogP contribution < -0.4 is 0 Å². The van der Waals surface area contributed by atoms with E-state index in [1.807, 2.05) is 11.6 Å². The summed E-state index contributed by atoms with van der Waals surface area (Å²) in [6.45, 7) is 4.29. The Hall–Kier alpha value is -2.01. The molecule has 0 bridgehead atoms. The first-order chi connectivity index (χ1) is 10.6. The highest BCUT2D eigenvalue weighted by atomic mass is 32.1. The molecule has 4 nitrogen and oxygen atoms in total. The average Bonchev–Trinajstić information content (AvgIpc) is 3.07. The Labute approximate surface area is 134 Å². The number of hydrogen-bond donors (Lipinski definition) is 1. The zero-order valence-corrected chi connectivity index (χ0v) is 13.8. The minimum absolute atomic E-state index is 0.649. The number of aromatic nitrogens is 4. The molecule has 1 N–H and O–H groups in total. The molecular weight excluding hydrogens is 292 g/mol. The predicted molar refractivity (Wildman–Crippen MR) is 90.6 cm³/mol. The summed E-state index contributed by atoms with van der Waals surface area (Å²) < 4.78 is 2.60. The summed E-state index contributed by atoms with van der Waals surface area (Å²) >= 11 is 5.30. The van der Waals surface area contributed by atoms with Crippen LogP contribution in [0.25, 0.3) is 22.3 Å². The fraction of sp³-hybridized carbons (Fsp3) is 0.353. The maximum Gasteiger partial charge on any atom is 0.195 e. The highest BCUT2D eigenvalue weighted by Crippen LogP contribution is 2.37. The van der Waals surface area contributed by atoms with E-state index >= 15 is 0 Å². The number of aromatic amines is 1. The first kappa shape index (κ1) is 13.6. The fourth-order valence-electron chi connectivity index (χ4n) is 3.35. The van der Waals surface area contributed by atoms with Crippen molar-refractivity contribution in [2.24, 2.45) is 7.05 Å². The van der Waals surface area contributed by atoms with Gasteiger partial charge < -0.3 is 4.57 Å². The Morgan fingerprint density at radius 2 is 1.95 bits per heavy atom. The van der Waals surface area contributed by atoms with Crippen LogP contribution in [-0.2, 0) is 19.9 Å². The monoisotopic (exact) mass is 310 g/mol. The van der Waals surface area contributed by atoms with Gasteiger partial charge in [-0.1, -0.05) is 0 Å². The zero-order valence-electron chi connectivity index (χ0n) is 13.0. The Morgan fingerprint density at radius 3 is 2.68 bits per heavy atom. The van der Waals surface area contributed by atoms with E-state index < -0.39 is 0 Å². The van der Waals surface area contributed by atoms with E-state index in [0.29, 0.717) is 4.77 Å². The summed E-state index contributed by atoms with van der Waals surface area (Å²) in [6.07, 6.45) is 3.29. The van der Waals surface area contributed by atoms with Crippen LogP contribution in [0.1, 0.15) is 28.8 Å². The van der Waals surface area contributed by atoms with Crippen molar-refractivity contribution >= 4 is 23.1 Å². The second kappa shape index (κ2) is 4.74. The standard InChI is InChI=1S/C17H18N4S/c1-9-7-12-14(8-10(9)2)18-13-6-4-5-11(13)15(12)16-19-20-17(22)21(16)3/h7-8H,4-6H2,1-3H3,(H,20,22). The first-order valence-corrected chi connectivity index (χ1v) is 8.01. The molecule has 0 fully saturated rings. The summed E-state index contributed by atoms with van der Waals surface area (Å²) in [5.41, 5.74) is 7.39. The maximum absolute atomic E-state index is 5.30. The van der Waals surface area contributed by atoms with Gasteiger partial charge in [0, 0.05) is 23.7 Å². The molecule has 1 aliphatic rings. The number of nitrogens with zero attached hydrogens (tertiary/aromatic N) is 3. The lowest BCUT2D eigenvalue weighted by Gasteiger charge is -2.13. The largest absolute Gasteiger partial charge is 0.303 e. The Morgan fingerprint density at radius 1 is 1.18 bits per heavy atom. The SMILES string of the molecule is Cc1cc2nc3c(c(-c4n[nH]c(=S)n4C)c2cc1C)CCC3. The number of pyridine rings is 1. The minimum atomic E-state index is 0.649. The van der Waals surface area contributed by atoms with Crippen molar-refractivity contribution in [3.63, 3.8) is 0 Å². The predicted octanol–water partition coefficient (Wildman–Crippen LogP) is 3.80. The van der Waals surface area contributed by atoms with E-state index in [1.165, 1.54) is 39.8 Å². The molecular formula is C17H18N4S. The molecule has 0 amide bonds. The van der Waals surface area contributed by atoms with Gasteiger partial charge in [0.15, 0.2) is 10.6 Å². The molecule has 0 atom stereocenters. The van der Waals surface area contributed by atoms with Gasteiger partial charge in [-0.05, 0) is 74.2 Å². The number of H-pyrrole nitrogens is 1. The third-order valence-corrected chi connectivity index (χ3v) is 5.10. The quantitative estimate of drug-likeness (QED) is 0.695. The number of benzene rings is 1. The summed E-state index contributed by atoms with van der Waals surface area (Å²) in [4.78, 5) is 4.91. The van der Waals surface area contributed by atoms with E-state index in [2.05, 4.69) is 36.2 Å². The number of nitrogens with one attached hydrogen (secondary N) is 1. The van der Waals surface area contributed by atoms with Crippen LogP contribution in [0, 0.1) is 18.6 Å². The summed E-state index contributed by atoms with van der Waals surface area (Å²) in [5.74, 6) is 0.916. The van der Waals surface area contributed by atoms with Crippen molar-refractivity contribution in [1.29, 1.82) is 0 Å². The third-order valence-electron chi connectivity index (χ3n) is 4.73. The Balaban J connectivity index is 2.18. The van der Waals surface area contributed by atoms with Crippen LogP contribution in [0.2, 0.25) is 0 Å². The zero-order chi connectivity index (χ0) is 15.4. The molecule has 0 radical (unpaired) electrons. The number of rotatable bonds is 1. The van der Waals surface area contributed by atoms with E-state index in [1.54, 1.807) is 0 Å². The minimum Gasteiger partial charge on any atom is -0.303 e. The van der Waals surface area contributed by atoms with Gasteiger partial charge in [0.1, 0.15) is 0 Å². The summed E-state index contributed by atoms with van der Waals surface area (Å²) in [5, 5.41) is 8.58. The number of hydrogen-bond acceptors (Lipinski definition) is 3. The molecule has 22 heavy (non-hydrogen) atoms. The van der Waals surface area contributed by atoms with Crippen LogP contribution in [0.3, 0.4) is 0 Å². The van der Waals surface area contributed by atoms with Gasteiger partial charge in [-0.2, -0.15) is 5.10 Å². The second-order valence-corrected chi connectivity index (χ2v) is 6.52. The van der Waals surface area contributed by atoms with Crippen LogP contribution in [-0.4, -0.2) is 19.7 Å². The van der Waals surface area contributed by atoms with Gasteiger partial charge in [-0.15, -0.1) is 0 Å². The summed E-state index contributed by atoms with van der Waals surface area (Å²) in [7, 11) is 1.97. The van der Waals surface area contributed by atoms with Gasteiger partial charge in [0.25, 0.3) is 0 Å². The smallest absolute Gasteiger partial charge is 0.195 e. The fourth-order valence-corrected chi connectivity index (χ4v) is 3.48. The molecule has 1 aromatic carbocycles. The van der Waals surface area contributed by atoms with Gasteiger partial charge in [-0.3, -0.25) is 10.1 Å². The normalized spacial score (nSPS) is 13.8. The van der Waals surface area contributed by atoms with E-state index in [0.717, 1.165) is 24.2 Å². The van der Waals surface area contributed by atoms with Crippen LogP contribution in [0.5, 0.6) is 0 Å². The molecule has 5 heteroatoms. The summed E-state index contributed by atoms with van der Waals surface area (Å²) in [6, 6.07) is 4.43. The molecule has 2 heterocycles. The van der Waals surface area contributed by atoms with Crippen molar-refractivity contribution in [3.8, 4) is 11.4 Å². The average molecular weight is 310 g/mol. The first-order valence-electron chi connectivity index (χ1n) is 7.60. The van der Waals surface area contributed by atoms with E-state index in [-0.39, 0.29) is 0 Å². The van der Waals surface area contributed by atoms with Gasteiger partial charge in [0.05, 0.1) is 5.52 Å². The molecule has 1 aliphatic carbocycles. The molecule has 0 aliphatic heterocycles. The molecule has 0 saturated carbocycles. The lowest BCUT2D eigenvalue weighted by atomic mass is 9.97. The third kappa shape index (κ3) is 1.85. The van der Waals surface area contributed by atoms with Crippen LogP contribution in [0.4, 0.5) is 0 Å².